The number of anilines is 1. The summed E-state index contributed by atoms with van der Waals surface area (Å²) in [6.07, 6.45) is 4.96. The lowest BCUT2D eigenvalue weighted by Gasteiger charge is -2.26. The molecule has 1 aliphatic rings. The number of hydrogen-bond donors (Lipinski definition) is 2. The summed E-state index contributed by atoms with van der Waals surface area (Å²) in [5.74, 6) is 3.68. The van der Waals surface area contributed by atoms with Crippen molar-refractivity contribution in [2.45, 2.75) is 37.8 Å². The van der Waals surface area contributed by atoms with Gasteiger partial charge in [-0.25, -0.2) is 4.98 Å². The average molecular weight is 410 g/mol. The molecule has 4 nitrogen and oxygen atoms in total. The SMILES string of the molecule is OC1CCC(Nc2nc(Cl)ncc2C#CSI)CC1. The van der Waals surface area contributed by atoms with Crippen LogP contribution in [0.25, 0.3) is 0 Å². The van der Waals surface area contributed by atoms with E-state index >= 15 is 0 Å². The molecule has 2 N–H and O–H groups in total. The van der Waals surface area contributed by atoms with Gasteiger partial charge in [-0.3, -0.25) is 0 Å². The Morgan fingerprint density at radius 1 is 1.42 bits per heavy atom. The lowest BCUT2D eigenvalue weighted by atomic mass is 9.93. The average Bonchev–Trinajstić information content (AvgIpc) is 2.40. The van der Waals surface area contributed by atoms with Gasteiger partial charge in [0.1, 0.15) is 5.82 Å². The van der Waals surface area contributed by atoms with Gasteiger partial charge in [0.2, 0.25) is 5.28 Å². The summed E-state index contributed by atoms with van der Waals surface area (Å²) in [7, 11) is 1.42. The summed E-state index contributed by atoms with van der Waals surface area (Å²) in [5.41, 5.74) is 0.750. The van der Waals surface area contributed by atoms with Gasteiger partial charge in [0.25, 0.3) is 0 Å². The van der Waals surface area contributed by atoms with Gasteiger partial charge in [-0.1, -0.05) is 0 Å². The molecule has 1 aromatic rings. The third kappa shape index (κ3) is 4.67. The standard InChI is InChI=1S/C12H13ClIN3OS/c13-12-15-7-8(5-6-19-14)11(17-12)16-9-1-3-10(18)4-2-9/h7,9-10,18H,1-4H2,(H,15,16,17). The van der Waals surface area contributed by atoms with Crippen LogP contribution in [0.5, 0.6) is 0 Å². The van der Waals surface area contributed by atoms with Gasteiger partial charge in [0.15, 0.2) is 0 Å². The smallest absolute Gasteiger partial charge is 0.224 e. The molecule has 1 aromatic heterocycles. The largest absolute Gasteiger partial charge is 0.393 e. The van der Waals surface area contributed by atoms with E-state index in [2.05, 4.69) is 47.7 Å². The Kier molecular flexibility index (Phi) is 6.01. The summed E-state index contributed by atoms with van der Waals surface area (Å²) >= 11 is 7.95. The first-order valence-corrected chi connectivity index (χ1v) is 9.68. The number of nitrogens with zero attached hydrogens (tertiary/aromatic N) is 2. The monoisotopic (exact) mass is 409 g/mol. The molecular weight excluding hydrogens is 397 g/mol. The predicted molar refractivity (Wildman–Crippen MR) is 87.4 cm³/mol. The minimum absolute atomic E-state index is 0.165. The Bertz CT molecular complexity index is 497. The van der Waals surface area contributed by atoms with Crippen molar-refractivity contribution in [1.82, 2.24) is 9.97 Å². The van der Waals surface area contributed by atoms with Crippen LogP contribution >= 0.6 is 41.7 Å². The maximum absolute atomic E-state index is 9.51. The Morgan fingerprint density at radius 3 is 2.84 bits per heavy atom. The maximum Gasteiger partial charge on any atom is 0.224 e. The van der Waals surface area contributed by atoms with Gasteiger partial charge >= 0.3 is 0 Å². The summed E-state index contributed by atoms with van der Waals surface area (Å²) in [6.45, 7) is 0. The van der Waals surface area contributed by atoms with Gasteiger partial charge in [0, 0.05) is 33.4 Å². The lowest BCUT2D eigenvalue weighted by molar-refractivity contribution is 0.126. The van der Waals surface area contributed by atoms with Crippen molar-refractivity contribution in [3.63, 3.8) is 0 Å². The van der Waals surface area contributed by atoms with Crippen molar-refractivity contribution in [1.29, 1.82) is 0 Å². The van der Waals surface area contributed by atoms with E-state index in [-0.39, 0.29) is 11.4 Å². The van der Waals surface area contributed by atoms with E-state index in [4.69, 9.17) is 11.6 Å². The maximum atomic E-state index is 9.51. The van der Waals surface area contributed by atoms with Gasteiger partial charge in [0.05, 0.1) is 11.7 Å². The molecule has 1 saturated carbocycles. The molecule has 19 heavy (non-hydrogen) atoms. The van der Waals surface area contributed by atoms with Crippen LogP contribution < -0.4 is 5.32 Å². The van der Waals surface area contributed by atoms with Gasteiger partial charge in [-0.05, 0) is 57.4 Å². The molecule has 2 rings (SSSR count). The summed E-state index contributed by atoms with van der Waals surface area (Å²) < 4.78 is 0. The highest BCUT2D eigenvalue weighted by molar-refractivity contribution is 14.2. The van der Waals surface area contributed by atoms with Gasteiger partial charge in [-0.2, -0.15) is 4.98 Å². The van der Waals surface area contributed by atoms with Crippen LogP contribution in [-0.2, 0) is 0 Å². The van der Waals surface area contributed by atoms with Crippen molar-refractivity contribution < 1.29 is 5.11 Å². The number of hydrogen-bond acceptors (Lipinski definition) is 5. The van der Waals surface area contributed by atoms with Crippen LogP contribution in [0.3, 0.4) is 0 Å². The number of aliphatic hydroxyl groups excluding tert-OH is 1. The van der Waals surface area contributed by atoms with Crippen molar-refractivity contribution in [2.24, 2.45) is 0 Å². The third-order valence-electron chi connectivity index (χ3n) is 3.02. The van der Waals surface area contributed by atoms with Crippen molar-refractivity contribution in [2.75, 3.05) is 5.32 Å². The molecule has 0 saturated heterocycles. The van der Waals surface area contributed by atoms with Crippen molar-refractivity contribution in [3.05, 3.63) is 17.0 Å². The van der Waals surface area contributed by atoms with Crippen LogP contribution in [0.4, 0.5) is 5.82 Å². The number of aromatic nitrogens is 2. The second kappa shape index (κ2) is 7.53. The Morgan fingerprint density at radius 2 is 2.16 bits per heavy atom. The first kappa shape index (κ1) is 15.2. The van der Waals surface area contributed by atoms with Gasteiger partial charge in [-0.15, -0.1) is 0 Å². The second-order valence-electron chi connectivity index (χ2n) is 4.36. The second-order valence-corrected chi connectivity index (χ2v) is 6.37. The molecule has 102 valence electrons. The van der Waals surface area contributed by atoms with E-state index in [0.29, 0.717) is 11.9 Å². The molecule has 0 atom stereocenters. The summed E-state index contributed by atoms with van der Waals surface area (Å²) in [6, 6.07) is 0.308. The quantitative estimate of drug-likeness (QED) is 0.446. The highest BCUT2D eigenvalue weighted by Crippen LogP contribution is 2.23. The molecule has 1 fully saturated rings. The zero-order valence-corrected chi connectivity index (χ0v) is 13.8. The fourth-order valence-corrected chi connectivity index (χ4v) is 2.66. The fourth-order valence-electron chi connectivity index (χ4n) is 2.05. The molecule has 0 bridgehead atoms. The highest BCUT2D eigenvalue weighted by atomic mass is 127. The molecule has 7 heteroatoms. The van der Waals surface area contributed by atoms with Crippen LogP contribution in [0.1, 0.15) is 31.2 Å². The molecule has 0 aromatic carbocycles. The fraction of sp³-hybridized carbons (Fsp3) is 0.500. The predicted octanol–water partition coefficient (Wildman–Crippen LogP) is 3.24. The Labute approximate surface area is 133 Å². The van der Waals surface area contributed by atoms with Crippen LogP contribution in [0.2, 0.25) is 5.28 Å². The van der Waals surface area contributed by atoms with E-state index in [1.165, 1.54) is 8.93 Å². The van der Waals surface area contributed by atoms with Crippen molar-refractivity contribution >= 4 is 47.6 Å². The molecule has 0 radical (unpaired) electrons. The van der Waals surface area contributed by atoms with Crippen LogP contribution in [0.15, 0.2) is 6.20 Å². The minimum Gasteiger partial charge on any atom is -0.393 e. The van der Waals surface area contributed by atoms with E-state index < -0.39 is 0 Å². The first-order chi connectivity index (χ1) is 9.19. The van der Waals surface area contributed by atoms with Crippen LogP contribution in [0, 0.1) is 11.2 Å². The van der Waals surface area contributed by atoms with E-state index in [9.17, 15) is 5.11 Å². The summed E-state index contributed by atoms with van der Waals surface area (Å²) in [5, 5.41) is 16.0. The number of halogens is 2. The minimum atomic E-state index is -0.165. The molecule has 1 heterocycles. The topological polar surface area (TPSA) is 58.0 Å². The normalized spacial score (nSPS) is 22.5. The van der Waals surface area contributed by atoms with E-state index in [0.717, 1.165) is 31.2 Å². The zero-order chi connectivity index (χ0) is 13.7. The van der Waals surface area contributed by atoms with Crippen LogP contribution in [-0.4, -0.2) is 27.2 Å². The molecule has 0 spiro atoms. The molecule has 1 aliphatic carbocycles. The molecule has 0 unspecified atom stereocenters. The third-order valence-corrected chi connectivity index (χ3v) is 4.04. The van der Waals surface area contributed by atoms with E-state index in [1.807, 2.05) is 0 Å². The number of rotatable bonds is 2. The first-order valence-electron chi connectivity index (χ1n) is 5.94. The highest BCUT2D eigenvalue weighted by Gasteiger charge is 2.20. The Hall–Kier alpha value is -0.230. The number of aliphatic hydroxyl groups is 1. The molecule has 0 amide bonds. The van der Waals surface area contributed by atoms with E-state index in [1.54, 1.807) is 6.20 Å². The zero-order valence-electron chi connectivity index (χ0n) is 10.1. The number of nitrogens with one attached hydrogen (secondary N) is 1. The summed E-state index contributed by atoms with van der Waals surface area (Å²) in [4.78, 5) is 8.16. The molecule has 0 aliphatic heterocycles. The molecular formula is C12H13ClIN3OS. The van der Waals surface area contributed by atoms with Crippen molar-refractivity contribution in [3.8, 4) is 11.2 Å². The lowest BCUT2D eigenvalue weighted by Crippen LogP contribution is -2.28. The Balaban J connectivity index is 2.11. The van der Waals surface area contributed by atoms with Gasteiger partial charge < -0.3 is 10.4 Å².